The zero-order valence-electron chi connectivity index (χ0n) is 10.4. The lowest BCUT2D eigenvalue weighted by Crippen LogP contribution is -2.18. The van der Waals surface area contributed by atoms with Gasteiger partial charge in [-0.3, -0.25) is 4.98 Å². The first-order valence-electron chi connectivity index (χ1n) is 5.17. The van der Waals surface area contributed by atoms with Crippen molar-refractivity contribution in [2.24, 2.45) is 0 Å². The molecular formula is C11H17NO4S. The van der Waals surface area contributed by atoms with E-state index in [1.165, 1.54) is 12.3 Å². The van der Waals surface area contributed by atoms with Gasteiger partial charge in [-0.2, -0.15) is 0 Å². The van der Waals surface area contributed by atoms with Crippen LogP contribution in [0.25, 0.3) is 0 Å². The molecule has 0 aliphatic rings. The van der Waals surface area contributed by atoms with Crippen LogP contribution in [-0.2, 0) is 14.6 Å². The second-order valence-corrected chi connectivity index (χ2v) is 5.89. The molecule has 0 bridgehead atoms. The first-order chi connectivity index (χ1) is 7.84. The molecule has 0 aliphatic heterocycles. The Bertz CT molecular complexity index is 484. The number of methoxy groups -OCH3 is 1. The van der Waals surface area contributed by atoms with Gasteiger partial charge < -0.3 is 9.47 Å². The molecule has 0 saturated carbocycles. The molecule has 0 fully saturated rings. The molecule has 96 valence electrons. The van der Waals surface area contributed by atoms with Crippen molar-refractivity contribution < 1.29 is 17.9 Å². The Labute approximate surface area is 102 Å². The summed E-state index contributed by atoms with van der Waals surface area (Å²) in [6.07, 6.45) is 2.51. The smallest absolute Gasteiger partial charge is 0.177 e. The van der Waals surface area contributed by atoms with Gasteiger partial charge in [0.25, 0.3) is 0 Å². The van der Waals surface area contributed by atoms with Crippen LogP contribution in [0.1, 0.15) is 12.6 Å². The molecule has 17 heavy (non-hydrogen) atoms. The predicted molar refractivity (Wildman–Crippen MR) is 64.0 cm³/mol. The molecule has 1 atom stereocenters. The van der Waals surface area contributed by atoms with Gasteiger partial charge in [-0.05, 0) is 13.8 Å². The lowest BCUT2D eigenvalue weighted by Gasteiger charge is -2.14. The molecule has 1 heterocycles. The van der Waals surface area contributed by atoms with Crippen LogP contribution in [0.4, 0.5) is 0 Å². The standard InChI is InChI=1S/C11H17NO4S/c1-8(7-15-3)16-10-5-11(17(4,13)14)9(2)12-6-10/h5-6,8H,7H2,1-4H3. The maximum Gasteiger partial charge on any atom is 0.177 e. The van der Waals surface area contributed by atoms with E-state index >= 15 is 0 Å². The molecule has 1 aromatic heterocycles. The summed E-state index contributed by atoms with van der Waals surface area (Å²) in [5.74, 6) is 0.431. The average Bonchev–Trinajstić information content (AvgIpc) is 2.19. The zero-order valence-corrected chi connectivity index (χ0v) is 11.2. The maximum absolute atomic E-state index is 11.5. The van der Waals surface area contributed by atoms with Gasteiger partial charge in [-0.15, -0.1) is 0 Å². The third-order valence-electron chi connectivity index (χ3n) is 2.15. The highest BCUT2D eigenvalue weighted by Gasteiger charge is 2.14. The van der Waals surface area contributed by atoms with E-state index in [0.717, 1.165) is 6.26 Å². The Morgan fingerprint density at radius 3 is 2.65 bits per heavy atom. The molecule has 1 rings (SSSR count). The van der Waals surface area contributed by atoms with E-state index in [4.69, 9.17) is 9.47 Å². The van der Waals surface area contributed by atoms with Gasteiger partial charge in [-0.1, -0.05) is 0 Å². The normalized spacial score (nSPS) is 13.4. The number of aryl methyl sites for hydroxylation is 1. The van der Waals surface area contributed by atoms with Gasteiger partial charge in [0, 0.05) is 19.4 Å². The van der Waals surface area contributed by atoms with Crippen LogP contribution in [-0.4, -0.2) is 39.5 Å². The van der Waals surface area contributed by atoms with E-state index in [-0.39, 0.29) is 11.0 Å². The Balaban J connectivity index is 2.97. The molecule has 0 spiro atoms. The van der Waals surface area contributed by atoms with Crippen LogP contribution in [0.2, 0.25) is 0 Å². The molecule has 0 amide bonds. The number of hydrogen-bond donors (Lipinski definition) is 0. The molecule has 1 aromatic rings. The van der Waals surface area contributed by atoms with Crippen LogP contribution in [0, 0.1) is 6.92 Å². The monoisotopic (exact) mass is 259 g/mol. The van der Waals surface area contributed by atoms with E-state index in [1.807, 2.05) is 6.92 Å². The fourth-order valence-corrected chi connectivity index (χ4v) is 2.36. The summed E-state index contributed by atoms with van der Waals surface area (Å²) < 4.78 is 33.4. The molecule has 0 radical (unpaired) electrons. The van der Waals surface area contributed by atoms with E-state index in [9.17, 15) is 8.42 Å². The maximum atomic E-state index is 11.5. The molecule has 0 N–H and O–H groups in total. The van der Waals surface area contributed by atoms with E-state index in [1.54, 1.807) is 14.0 Å². The van der Waals surface area contributed by atoms with Crippen molar-refractivity contribution in [3.8, 4) is 5.75 Å². The zero-order chi connectivity index (χ0) is 13.1. The number of hydrogen-bond acceptors (Lipinski definition) is 5. The number of rotatable bonds is 5. The van der Waals surface area contributed by atoms with Crippen LogP contribution < -0.4 is 4.74 Å². The predicted octanol–water partition coefficient (Wildman–Crippen LogP) is 1.21. The summed E-state index contributed by atoms with van der Waals surface area (Å²) in [5.41, 5.74) is 0.472. The minimum atomic E-state index is -3.28. The molecular weight excluding hydrogens is 242 g/mol. The van der Waals surface area contributed by atoms with E-state index in [2.05, 4.69) is 4.98 Å². The molecule has 0 aliphatic carbocycles. The lowest BCUT2D eigenvalue weighted by atomic mass is 10.3. The molecule has 0 saturated heterocycles. The van der Waals surface area contributed by atoms with Crippen molar-refractivity contribution in [1.29, 1.82) is 0 Å². The summed E-state index contributed by atoms with van der Waals surface area (Å²) in [6.45, 7) is 3.92. The minimum absolute atomic E-state index is 0.156. The summed E-state index contributed by atoms with van der Waals surface area (Å²) >= 11 is 0. The number of ether oxygens (including phenoxy) is 2. The first kappa shape index (κ1) is 13.9. The minimum Gasteiger partial charge on any atom is -0.487 e. The first-order valence-corrected chi connectivity index (χ1v) is 7.06. The van der Waals surface area contributed by atoms with Crippen LogP contribution in [0.5, 0.6) is 5.75 Å². The van der Waals surface area contributed by atoms with Crippen LogP contribution >= 0.6 is 0 Å². The third-order valence-corrected chi connectivity index (χ3v) is 3.37. The fourth-order valence-electron chi connectivity index (χ4n) is 1.44. The molecule has 0 aromatic carbocycles. The van der Waals surface area contributed by atoms with E-state index in [0.29, 0.717) is 18.1 Å². The number of pyridine rings is 1. The Morgan fingerprint density at radius 1 is 1.47 bits per heavy atom. The van der Waals surface area contributed by atoms with E-state index < -0.39 is 9.84 Å². The summed E-state index contributed by atoms with van der Waals surface area (Å²) in [7, 11) is -1.70. The molecule has 6 heteroatoms. The summed E-state index contributed by atoms with van der Waals surface area (Å²) in [4.78, 5) is 4.21. The van der Waals surface area contributed by atoms with Crippen LogP contribution in [0.15, 0.2) is 17.2 Å². The van der Waals surface area contributed by atoms with Crippen molar-refractivity contribution in [1.82, 2.24) is 4.98 Å². The number of aromatic nitrogens is 1. The van der Waals surface area contributed by atoms with Gasteiger partial charge in [-0.25, -0.2) is 8.42 Å². The molecule has 5 nitrogen and oxygen atoms in total. The highest BCUT2D eigenvalue weighted by atomic mass is 32.2. The van der Waals surface area contributed by atoms with Gasteiger partial charge >= 0.3 is 0 Å². The summed E-state index contributed by atoms with van der Waals surface area (Å²) in [6, 6.07) is 1.49. The lowest BCUT2D eigenvalue weighted by molar-refractivity contribution is 0.0916. The highest BCUT2D eigenvalue weighted by Crippen LogP contribution is 2.20. The van der Waals surface area contributed by atoms with Crippen molar-refractivity contribution in [2.45, 2.75) is 24.8 Å². The second kappa shape index (κ2) is 5.46. The van der Waals surface area contributed by atoms with Crippen LogP contribution in [0.3, 0.4) is 0 Å². The van der Waals surface area contributed by atoms with Crippen molar-refractivity contribution in [3.63, 3.8) is 0 Å². The Morgan fingerprint density at radius 2 is 2.12 bits per heavy atom. The molecule has 1 unspecified atom stereocenters. The van der Waals surface area contributed by atoms with Gasteiger partial charge in [0.05, 0.1) is 23.4 Å². The highest BCUT2D eigenvalue weighted by molar-refractivity contribution is 7.90. The topological polar surface area (TPSA) is 65.5 Å². The average molecular weight is 259 g/mol. The Kier molecular flexibility index (Phi) is 4.47. The van der Waals surface area contributed by atoms with Gasteiger partial charge in [0.15, 0.2) is 9.84 Å². The fraction of sp³-hybridized carbons (Fsp3) is 0.545. The number of sulfone groups is 1. The van der Waals surface area contributed by atoms with Crippen molar-refractivity contribution in [2.75, 3.05) is 20.0 Å². The SMILES string of the molecule is COCC(C)Oc1cnc(C)c(S(C)(=O)=O)c1. The Hall–Kier alpha value is -1.14. The second-order valence-electron chi connectivity index (χ2n) is 3.91. The number of nitrogens with zero attached hydrogens (tertiary/aromatic N) is 1. The van der Waals surface area contributed by atoms with Crippen molar-refractivity contribution >= 4 is 9.84 Å². The summed E-state index contributed by atoms with van der Waals surface area (Å²) in [5, 5.41) is 0. The third kappa shape index (κ3) is 3.98. The largest absolute Gasteiger partial charge is 0.487 e. The quantitative estimate of drug-likeness (QED) is 0.795. The van der Waals surface area contributed by atoms with Gasteiger partial charge in [0.2, 0.25) is 0 Å². The van der Waals surface area contributed by atoms with Gasteiger partial charge in [0.1, 0.15) is 11.9 Å². The van der Waals surface area contributed by atoms with Crippen molar-refractivity contribution in [3.05, 3.63) is 18.0 Å².